The van der Waals surface area contributed by atoms with E-state index in [0.29, 0.717) is 27.8 Å². The highest BCUT2D eigenvalue weighted by Gasteiger charge is 2.09. The predicted octanol–water partition coefficient (Wildman–Crippen LogP) is 5.25. The molecule has 0 aliphatic carbocycles. The zero-order valence-corrected chi connectivity index (χ0v) is 14.7. The summed E-state index contributed by atoms with van der Waals surface area (Å²) in [6.45, 7) is 0.606. The highest BCUT2D eigenvalue weighted by atomic mass is 35.5. The van der Waals surface area contributed by atoms with Crippen LogP contribution in [0.3, 0.4) is 0 Å². The number of anilines is 2. The monoisotopic (exact) mass is 371 g/mol. The lowest BCUT2D eigenvalue weighted by atomic mass is 10.2. The van der Waals surface area contributed by atoms with Gasteiger partial charge >= 0.3 is 0 Å². The number of hydrogen-bond donors (Lipinski definition) is 2. The van der Waals surface area contributed by atoms with E-state index >= 15 is 0 Å². The number of nitrogens with one attached hydrogen (secondary N) is 2. The second kappa shape index (κ2) is 8.01. The quantitative estimate of drug-likeness (QED) is 0.643. The average Bonchev–Trinajstić information content (AvgIpc) is 2.63. The molecule has 2 aromatic carbocycles. The third-order valence-corrected chi connectivity index (χ3v) is 4.11. The van der Waals surface area contributed by atoms with Crippen LogP contribution in [0.2, 0.25) is 10.0 Å². The van der Waals surface area contributed by atoms with E-state index in [0.717, 1.165) is 11.3 Å². The molecule has 1 amide bonds. The Labute approximate surface area is 155 Å². The summed E-state index contributed by atoms with van der Waals surface area (Å²) in [6, 6.07) is 16.4. The maximum atomic E-state index is 12.4. The molecule has 2 N–H and O–H groups in total. The van der Waals surface area contributed by atoms with Crippen LogP contribution in [0.25, 0.3) is 0 Å². The molecule has 0 saturated heterocycles. The van der Waals surface area contributed by atoms with Gasteiger partial charge in [-0.2, -0.15) is 0 Å². The summed E-state index contributed by atoms with van der Waals surface area (Å²) in [5.74, 6) is -0.268. The van der Waals surface area contributed by atoms with Crippen LogP contribution < -0.4 is 10.6 Å². The van der Waals surface area contributed by atoms with Crippen molar-refractivity contribution in [3.63, 3.8) is 0 Å². The van der Waals surface area contributed by atoms with Gasteiger partial charge in [0.2, 0.25) is 0 Å². The number of carbonyl (C=O) groups is 1. The molecule has 0 atom stereocenters. The maximum Gasteiger partial charge on any atom is 0.257 e. The Morgan fingerprint density at radius 3 is 2.52 bits per heavy atom. The van der Waals surface area contributed by atoms with Gasteiger partial charge in [0.1, 0.15) is 0 Å². The summed E-state index contributed by atoms with van der Waals surface area (Å²) in [6.07, 6.45) is 3.18. The van der Waals surface area contributed by atoms with Gasteiger partial charge < -0.3 is 10.6 Å². The molecule has 3 rings (SSSR count). The molecule has 0 spiro atoms. The minimum atomic E-state index is -0.268. The summed E-state index contributed by atoms with van der Waals surface area (Å²) >= 11 is 11.9. The first-order valence-corrected chi connectivity index (χ1v) is 8.36. The fraction of sp³-hybridized carbons (Fsp3) is 0.0526. The fourth-order valence-electron chi connectivity index (χ4n) is 2.22. The fourth-order valence-corrected chi connectivity index (χ4v) is 2.53. The molecule has 0 aliphatic heterocycles. The van der Waals surface area contributed by atoms with E-state index < -0.39 is 0 Å². The zero-order valence-electron chi connectivity index (χ0n) is 13.2. The van der Waals surface area contributed by atoms with Crippen LogP contribution in [0.1, 0.15) is 15.9 Å². The molecule has 1 aromatic heterocycles. The van der Waals surface area contributed by atoms with E-state index in [2.05, 4.69) is 15.6 Å². The van der Waals surface area contributed by atoms with Crippen molar-refractivity contribution < 1.29 is 4.79 Å². The van der Waals surface area contributed by atoms with Gasteiger partial charge in [0.05, 0.1) is 22.0 Å². The third-order valence-electron chi connectivity index (χ3n) is 3.53. The molecule has 0 unspecified atom stereocenters. The van der Waals surface area contributed by atoms with E-state index in [4.69, 9.17) is 23.2 Å². The first-order chi connectivity index (χ1) is 12.1. The van der Waals surface area contributed by atoms with Gasteiger partial charge in [-0.05, 0) is 35.9 Å². The normalized spacial score (nSPS) is 10.3. The summed E-state index contributed by atoms with van der Waals surface area (Å²) in [7, 11) is 0. The second-order valence-electron chi connectivity index (χ2n) is 5.38. The van der Waals surface area contributed by atoms with E-state index in [1.165, 1.54) is 6.20 Å². The molecule has 0 fully saturated rings. The van der Waals surface area contributed by atoms with Crippen molar-refractivity contribution >= 4 is 40.5 Å². The van der Waals surface area contributed by atoms with Gasteiger partial charge in [0.25, 0.3) is 5.91 Å². The van der Waals surface area contributed by atoms with Crippen LogP contribution in [0.15, 0.2) is 67.0 Å². The smallest absolute Gasteiger partial charge is 0.257 e. The van der Waals surface area contributed by atoms with E-state index in [9.17, 15) is 4.79 Å². The molecular formula is C19H15Cl2N3O. The maximum absolute atomic E-state index is 12.4. The molecule has 0 saturated carbocycles. The molecule has 0 radical (unpaired) electrons. The lowest BCUT2D eigenvalue weighted by Crippen LogP contribution is -2.13. The minimum absolute atomic E-state index is 0.268. The minimum Gasteiger partial charge on any atom is -0.380 e. The van der Waals surface area contributed by atoms with Crippen LogP contribution in [0.5, 0.6) is 0 Å². The Bertz CT molecular complexity index is 882. The molecule has 126 valence electrons. The number of carbonyl (C=O) groups excluding carboxylic acids is 1. The summed E-state index contributed by atoms with van der Waals surface area (Å²) < 4.78 is 0. The van der Waals surface area contributed by atoms with Crippen molar-refractivity contribution in [1.82, 2.24) is 4.98 Å². The Morgan fingerprint density at radius 1 is 1.00 bits per heavy atom. The number of benzene rings is 2. The molecule has 0 bridgehead atoms. The highest BCUT2D eigenvalue weighted by molar-refractivity contribution is 6.33. The first-order valence-electron chi connectivity index (χ1n) is 7.61. The van der Waals surface area contributed by atoms with E-state index in [-0.39, 0.29) is 5.91 Å². The van der Waals surface area contributed by atoms with Crippen LogP contribution in [0.4, 0.5) is 11.4 Å². The summed E-state index contributed by atoms with van der Waals surface area (Å²) in [5.41, 5.74) is 2.84. The van der Waals surface area contributed by atoms with Crippen molar-refractivity contribution in [2.45, 2.75) is 6.54 Å². The molecule has 4 nitrogen and oxygen atoms in total. The lowest BCUT2D eigenvalue weighted by molar-refractivity contribution is 0.102. The Kier molecular flexibility index (Phi) is 5.53. The Balaban J connectivity index is 1.67. The Hall–Kier alpha value is -2.56. The van der Waals surface area contributed by atoms with Crippen LogP contribution in [-0.2, 0) is 6.54 Å². The number of halogens is 2. The standard InChI is InChI=1S/C19H15Cl2N3O/c20-15-7-5-13(6-8-15)10-23-16-9-14(11-22-12-16)19(25)24-18-4-2-1-3-17(18)21/h1-9,11-12,23H,10H2,(H,24,25). The largest absolute Gasteiger partial charge is 0.380 e. The number of hydrogen-bond acceptors (Lipinski definition) is 3. The van der Waals surface area contributed by atoms with Gasteiger partial charge in [-0.1, -0.05) is 47.5 Å². The van der Waals surface area contributed by atoms with Gasteiger partial charge in [0, 0.05) is 24.0 Å². The van der Waals surface area contributed by atoms with Crippen molar-refractivity contribution in [3.8, 4) is 0 Å². The topological polar surface area (TPSA) is 54.0 Å². The highest BCUT2D eigenvalue weighted by Crippen LogP contribution is 2.21. The second-order valence-corrected chi connectivity index (χ2v) is 6.22. The number of rotatable bonds is 5. The van der Waals surface area contributed by atoms with Crippen LogP contribution >= 0.6 is 23.2 Å². The van der Waals surface area contributed by atoms with Gasteiger partial charge in [-0.3, -0.25) is 9.78 Å². The van der Waals surface area contributed by atoms with Gasteiger partial charge in [0.15, 0.2) is 0 Å². The van der Waals surface area contributed by atoms with Gasteiger partial charge in [-0.15, -0.1) is 0 Å². The molecule has 1 heterocycles. The van der Waals surface area contributed by atoms with Gasteiger partial charge in [-0.25, -0.2) is 0 Å². The van der Waals surface area contributed by atoms with Crippen molar-refractivity contribution in [1.29, 1.82) is 0 Å². The first kappa shape index (κ1) is 17.3. The molecular weight excluding hydrogens is 357 g/mol. The lowest BCUT2D eigenvalue weighted by Gasteiger charge is -2.09. The summed E-state index contributed by atoms with van der Waals surface area (Å²) in [4.78, 5) is 16.5. The van der Waals surface area contributed by atoms with Crippen molar-refractivity contribution in [2.24, 2.45) is 0 Å². The number of pyridine rings is 1. The SMILES string of the molecule is O=C(Nc1ccccc1Cl)c1cncc(NCc2ccc(Cl)cc2)c1. The number of nitrogens with zero attached hydrogens (tertiary/aromatic N) is 1. The van der Waals surface area contributed by atoms with Crippen LogP contribution in [0, 0.1) is 0 Å². The number of amides is 1. The molecule has 3 aromatic rings. The molecule has 0 aliphatic rings. The number of para-hydroxylation sites is 1. The van der Waals surface area contributed by atoms with Crippen molar-refractivity contribution in [2.75, 3.05) is 10.6 Å². The third kappa shape index (κ3) is 4.72. The average molecular weight is 372 g/mol. The molecule has 25 heavy (non-hydrogen) atoms. The molecule has 6 heteroatoms. The van der Waals surface area contributed by atoms with E-state index in [1.54, 1.807) is 30.5 Å². The van der Waals surface area contributed by atoms with Crippen LogP contribution in [-0.4, -0.2) is 10.9 Å². The predicted molar refractivity (Wildman–Crippen MR) is 102 cm³/mol. The van der Waals surface area contributed by atoms with E-state index in [1.807, 2.05) is 30.3 Å². The van der Waals surface area contributed by atoms with Crippen molar-refractivity contribution in [3.05, 3.63) is 88.2 Å². The zero-order chi connectivity index (χ0) is 17.6. The number of aromatic nitrogens is 1. The Morgan fingerprint density at radius 2 is 1.76 bits per heavy atom. The summed E-state index contributed by atoms with van der Waals surface area (Å²) in [5, 5.41) is 7.20.